The van der Waals surface area contributed by atoms with Gasteiger partial charge in [0.1, 0.15) is 11.6 Å². The molecule has 1 heterocycles. The van der Waals surface area contributed by atoms with Gasteiger partial charge in [-0.05, 0) is 26.7 Å². The van der Waals surface area contributed by atoms with Gasteiger partial charge in [-0.2, -0.15) is 0 Å². The lowest BCUT2D eigenvalue weighted by Crippen LogP contribution is -2.11. The number of imidazole rings is 1. The topological polar surface area (TPSA) is 43.8 Å². The highest BCUT2D eigenvalue weighted by Gasteiger charge is 2.22. The zero-order valence-electron chi connectivity index (χ0n) is 12.1. The molecule has 3 heteroatoms. The van der Waals surface area contributed by atoms with Crippen LogP contribution < -0.4 is 5.73 Å². The Balaban J connectivity index is 3.30. The van der Waals surface area contributed by atoms with Crippen molar-refractivity contribution in [3.63, 3.8) is 0 Å². The molecule has 0 spiro atoms. The van der Waals surface area contributed by atoms with Crippen LogP contribution in [0.25, 0.3) is 0 Å². The van der Waals surface area contributed by atoms with Gasteiger partial charge in [0, 0.05) is 17.9 Å². The lowest BCUT2D eigenvalue weighted by atomic mass is 9.99. The first kappa shape index (κ1) is 14.1. The molecule has 0 radical (unpaired) electrons. The second-order valence-electron chi connectivity index (χ2n) is 5.37. The maximum absolute atomic E-state index is 6.30. The molecule has 3 nitrogen and oxygen atoms in total. The smallest absolute Gasteiger partial charge is 0.127 e. The molecule has 0 bridgehead atoms. The van der Waals surface area contributed by atoms with Crippen molar-refractivity contribution in [2.24, 2.45) is 0 Å². The van der Waals surface area contributed by atoms with E-state index in [1.165, 1.54) is 0 Å². The zero-order valence-corrected chi connectivity index (χ0v) is 12.1. The predicted molar refractivity (Wildman–Crippen MR) is 74.4 cm³/mol. The van der Waals surface area contributed by atoms with Crippen molar-refractivity contribution in [1.29, 1.82) is 0 Å². The van der Waals surface area contributed by atoms with Crippen molar-refractivity contribution in [3.05, 3.63) is 11.5 Å². The Hall–Kier alpha value is -0.990. The first-order chi connectivity index (χ1) is 7.93. The van der Waals surface area contributed by atoms with Crippen molar-refractivity contribution in [3.8, 4) is 0 Å². The van der Waals surface area contributed by atoms with Crippen LogP contribution in [0, 0.1) is 0 Å². The molecule has 2 N–H and O–H groups in total. The van der Waals surface area contributed by atoms with Crippen molar-refractivity contribution in [2.75, 3.05) is 5.73 Å². The highest BCUT2D eigenvalue weighted by atomic mass is 15.2. The van der Waals surface area contributed by atoms with Crippen LogP contribution in [-0.2, 0) is 0 Å². The highest BCUT2D eigenvalue weighted by Crippen LogP contribution is 2.32. The van der Waals surface area contributed by atoms with Gasteiger partial charge < -0.3 is 10.3 Å². The Bertz CT molecular complexity index is 360. The van der Waals surface area contributed by atoms with E-state index in [2.05, 4.69) is 46.1 Å². The summed E-state index contributed by atoms with van der Waals surface area (Å²) in [6.45, 7) is 13.1. The van der Waals surface area contributed by atoms with Gasteiger partial charge in [-0.3, -0.25) is 0 Å². The van der Waals surface area contributed by atoms with E-state index in [0.29, 0.717) is 17.9 Å². The van der Waals surface area contributed by atoms with Gasteiger partial charge in [0.25, 0.3) is 0 Å². The van der Waals surface area contributed by atoms with Crippen LogP contribution in [0.2, 0.25) is 0 Å². The molecule has 0 amide bonds. The number of aromatic nitrogens is 2. The van der Waals surface area contributed by atoms with Crippen LogP contribution in [0.4, 0.5) is 5.82 Å². The third-order valence-electron chi connectivity index (χ3n) is 3.41. The van der Waals surface area contributed by atoms with E-state index in [4.69, 9.17) is 10.7 Å². The van der Waals surface area contributed by atoms with Gasteiger partial charge in [0.15, 0.2) is 0 Å². The minimum atomic E-state index is 0.378. The van der Waals surface area contributed by atoms with E-state index in [1.807, 2.05) is 0 Å². The third kappa shape index (κ3) is 2.64. The maximum Gasteiger partial charge on any atom is 0.127 e. The van der Waals surface area contributed by atoms with E-state index in [1.54, 1.807) is 0 Å². The Kier molecular flexibility index (Phi) is 4.61. The molecule has 0 fully saturated rings. The van der Waals surface area contributed by atoms with Crippen LogP contribution >= 0.6 is 0 Å². The van der Waals surface area contributed by atoms with Gasteiger partial charge in [-0.1, -0.05) is 27.7 Å². The summed E-state index contributed by atoms with van der Waals surface area (Å²) >= 11 is 0. The molecule has 0 aliphatic heterocycles. The second-order valence-corrected chi connectivity index (χ2v) is 5.37. The van der Waals surface area contributed by atoms with E-state index in [9.17, 15) is 0 Å². The Morgan fingerprint density at radius 3 is 1.94 bits per heavy atom. The number of hydrogen-bond donors (Lipinski definition) is 1. The standard InChI is InChI=1S/C14H27N3/c1-7-11(8-2)12-13(15)17(10(5)6)14(16-12)9(3)4/h9-11H,7-8,15H2,1-6H3. The average Bonchev–Trinajstić information content (AvgIpc) is 2.59. The molecular formula is C14H27N3. The normalized spacial score (nSPS) is 12.1. The third-order valence-corrected chi connectivity index (χ3v) is 3.41. The van der Waals surface area contributed by atoms with Crippen molar-refractivity contribution < 1.29 is 0 Å². The summed E-state index contributed by atoms with van der Waals surface area (Å²) in [5.74, 6) is 2.91. The molecule has 1 aromatic rings. The molecule has 0 aromatic carbocycles. The molecule has 0 aliphatic carbocycles. The number of nitrogens with zero attached hydrogens (tertiary/aromatic N) is 2. The molecule has 0 saturated carbocycles. The van der Waals surface area contributed by atoms with E-state index < -0.39 is 0 Å². The summed E-state index contributed by atoms with van der Waals surface area (Å²) in [5.41, 5.74) is 7.40. The molecular weight excluding hydrogens is 210 g/mol. The van der Waals surface area contributed by atoms with Crippen molar-refractivity contribution in [2.45, 2.75) is 72.3 Å². The fourth-order valence-electron chi connectivity index (χ4n) is 2.41. The molecule has 0 saturated heterocycles. The Morgan fingerprint density at radius 2 is 1.65 bits per heavy atom. The fourth-order valence-corrected chi connectivity index (χ4v) is 2.41. The van der Waals surface area contributed by atoms with Crippen molar-refractivity contribution in [1.82, 2.24) is 9.55 Å². The van der Waals surface area contributed by atoms with E-state index >= 15 is 0 Å². The fraction of sp³-hybridized carbons (Fsp3) is 0.786. The van der Waals surface area contributed by atoms with Crippen LogP contribution in [0.3, 0.4) is 0 Å². The molecule has 0 atom stereocenters. The number of rotatable bonds is 5. The van der Waals surface area contributed by atoms with Gasteiger partial charge in [-0.25, -0.2) is 4.98 Å². The van der Waals surface area contributed by atoms with Gasteiger partial charge in [0.05, 0.1) is 5.69 Å². The minimum Gasteiger partial charge on any atom is -0.384 e. The highest BCUT2D eigenvalue weighted by molar-refractivity contribution is 5.41. The van der Waals surface area contributed by atoms with Gasteiger partial charge in [0.2, 0.25) is 0 Å². The van der Waals surface area contributed by atoms with E-state index in [-0.39, 0.29) is 0 Å². The number of anilines is 1. The van der Waals surface area contributed by atoms with Crippen molar-refractivity contribution >= 4 is 5.82 Å². The molecule has 1 aromatic heterocycles. The largest absolute Gasteiger partial charge is 0.384 e. The molecule has 1 rings (SSSR count). The summed E-state index contributed by atoms with van der Waals surface area (Å²) in [6, 6.07) is 0.378. The van der Waals surface area contributed by atoms with Crippen LogP contribution in [0.15, 0.2) is 0 Å². The quantitative estimate of drug-likeness (QED) is 0.838. The van der Waals surface area contributed by atoms with Crippen LogP contribution in [-0.4, -0.2) is 9.55 Å². The molecule has 17 heavy (non-hydrogen) atoms. The zero-order chi connectivity index (χ0) is 13.2. The monoisotopic (exact) mass is 237 g/mol. The van der Waals surface area contributed by atoms with Gasteiger partial charge >= 0.3 is 0 Å². The average molecular weight is 237 g/mol. The Labute approximate surface area is 105 Å². The van der Waals surface area contributed by atoms with Crippen LogP contribution in [0.1, 0.15) is 83.8 Å². The molecule has 0 unspecified atom stereocenters. The first-order valence-electron chi connectivity index (χ1n) is 6.81. The summed E-state index contributed by atoms with van der Waals surface area (Å²) in [6.07, 6.45) is 2.21. The minimum absolute atomic E-state index is 0.378. The van der Waals surface area contributed by atoms with Crippen LogP contribution in [0.5, 0.6) is 0 Å². The first-order valence-corrected chi connectivity index (χ1v) is 6.81. The lowest BCUT2D eigenvalue weighted by molar-refractivity contribution is 0.556. The number of nitrogens with two attached hydrogens (primary N) is 1. The second kappa shape index (κ2) is 5.56. The number of nitrogen functional groups attached to an aromatic ring is 1. The van der Waals surface area contributed by atoms with E-state index in [0.717, 1.165) is 30.2 Å². The molecule has 0 aliphatic rings. The predicted octanol–water partition coefficient (Wildman–Crippen LogP) is 4.07. The number of hydrogen-bond acceptors (Lipinski definition) is 2. The summed E-state index contributed by atoms with van der Waals surface area (Å²) in [4.78, 5) is 4.81. The lowest BCUT2D eigenvalue weighted by Gasteiger charge is -2.16. The molecule has 98 valence electrons. The summed E-state index contributed by atoms with van der Waals surface area (Å²) in [5, 5.41) is 0. The summed E-state index contributed by atoms with van der Waals surface area (Å²) < 4.78 is 2.19. The summed E-state index contributed by atoms with van der Waals surface area (Å²) in [7, 11) is 0. The van der Waals surface area contributed by atoms with Gasteiger partial charge in [-0.15, -0.1) is 0 Å². The maximum atomic E-state index is 6.30. The SMILES string of the molecule is CCC(CC)c1nc(C(C)C)n(C(C)C)c1N. The Morgan fingerprint density at radius 1 is 1.12 bits per heavy atom.